The first-order chi connectivity index (χ1) is 10.1. The van der Waals surface area contributed by atoms with Crippen molar-refractivity contribution in [3.05, 3.63) is 0 Å². The highest BCUT2D eigenvalue weighted by Crippen LogP contribution is 2.20. The van der Waals surface area contributed by atoms with E-state index in [1.807, 2.05) is 0 Å². The van der Waals surface area contributed by atoms with E-state index in [1.54, 1.807) is 0 Å². The van der Waals surface area contributed by atoms with Crippen molar-refractivity contribution >= 4 is 0 Å². The molecule has 0 spiro atoms. The largest absolute Gasteiger partial charge is 0.394 e. The number of likely N-dealkylation sites (N-methyl/N-ethyl adjacent to an activating group) is 2. The van der Waals surface area contributed by atoms with Gasteiger partial charge in [-0.1, -0.05) is 27.7 Å². The van der Waals surface area contributed by atoms with Gasteiger partial charge in [-0.25, -0.2) is 0 Å². The van der Waals surface area contributed by atoms with Gasteiger partial charge in [0, 0.05) is 18.1 Å². The van der Waals surface area contributed by atoms with Gasteiger partial charge >= 0.3 is 0 Å². The molecule has 126 valence electrons. The fourth-order valence-corrected chi connectivity index (χ4v) is 3.71. The Morgan fingerprint density at radius 3 is 2.48 bits per heavy atom. The van der Waals surface area contributed by atoms with E-state index >= 15 is 0 Å². The number of aliphatic hydroxyl groups excluding tert-OH is 1. The summed E-state index contributed by atoms with van der Waals surface area (Å²) in [4.78, 5) is 5.19. The van der Waals surface area contributed by atoms with E-state index in [9.17, 15) is 5.11 Å². The van der Waals surface area contributed by atoms with Crippen LogP contribution in [0.5, 0.6) is 0 Å². The molecule has 1 heterocycles. The number of rotatable bonds is 11. The Hall–Kier alpha value is -0.160. The standard InChI is InChI=1S/C17H37N3O/c1-5-17(15-21,18-6-2)11-9-12-19-13-10-16(14-19)20(7-3)8-4/h16,18,21H,5-15H2,1-4H3. The van der Waals surface area contributed by atoms with Gasteiger partial charge in [-0.3, -0.25) is 4.90 Å². The zero-order chi connectivity index (χ0) is 15.7. The topological polar surface area (TPSA) is 38.7 Å². The Bertz CT molecular complexity index is 265. The minimum atomic E-state index is -0.0627. The Morgan fingerprint density at radius 2 is 1.95 bits per heavy atom. The normalized spacial score (nSPS) is 22.9. The lowest BCUT2D eigenvalue weighted by Crippen LogP contribution is -2.48. The Labute approximate surface area is 131 Å². The molecule has 4 heteroatoms. The van der Waals surface area contributed by atoms with E-state index < -0.39 is 0 Å². The molecular formula is C17H37N3O. The third-order valence-electron chi connectivity index (χ3n) is 5.24. The predicted octanol–water partition coefficient (Wildman–Crippen LogP) is 1.93. The number of likely N-dealkylation sites (tertiary alicyclic amines) is 1. The van der Waals surface area contributed by atoms with Crippen molar-refractivity contribution in [3.63, 3.8) is 0 Å². The van der Waals surface area contributed by atoms with Gasteiger partial charge in [0.15, 0.2) is 0 Å². The fourth-order valence-electron chi connectivity index (χ4n) is 3.71. The van der Waals surface area contributed by atoms with E-state index in [0.29, 0.717) is 0 Å². The first-order valence-electron chi connectivity index (χ1n) is 8.96. The number of nitrogens with zero attached hydrogens (tertiary/aromatic N) is 2. The van der Waals surface area contributed by atoms with Crippen LogP contribution in [0.1, 0.15) is 53.4 Å². The van der Waals surface area contributed by atoms with Crippen LogP contribution in [0, 0.1) is 0 Å². The number of hydrogen-bond acceptors (Lipinski definition) is 4. The summed E-state index contributed by atoms with van der Waals surface area (Å²) in [5.74, 6) is 0. The molecule has 0 aromatic carbocycles. The van der Waals surface area contributed by atoms with Crippen molar-refractivity contribution in [2.24, 2.45) is 0 Å². The maximum absolute atomic E-state index is 9.70. The lowest BCUT2D eigenvalue weighted by Gasteiger charge is -2.32. The average molecular weight is 300 g/mol. The highest BCUT2D eigenvalue weighted by molar-refractivity contribution is 4.87. The van der Waals surface area contributed by atoms with Crippen LogP contribution < -0.4 is 5.32 Å². The van der Waals surface area contributed by atoms with E-state index in [-0.39, 0.29) is 12.1 Å². The zero-order valence-corrected chi connectivity index (χ0v) is 14.7. The van der Waals surface area contributed by atoms with Crippen LogP contribution >= 0.6 is 0 Å². The third-order valence-corrected chi connectivity index (χ3v) is 5.24. The van der Waals surface area contributed by atoms with E-state index in [2.05, 4.69) is 42.8 Å². The predicted molar refractivity (Wildman–Crippen MR) is 90.8 cm³/mol. The summed E-state index contributed by atoms with van der Waals surface area (Å²) in [7, 11) is 0. The first-order valence-corrected chi connectivity index (χ1v) is 8.96. The summed E-state index contributed by atoms with van der Waals surface area (Å²) in [5, 5.41) is 13.2. The molecule has 1 aliphatic heterocycles. The maximum atomic E-state index is 9.70. The molecule has 0 saturated carbocycles. The molecule has 2 N–H and O–H groups in total. The summed E-state index contributed by atoms with van der Waals surface area (Å²) >= 11 is 0. The molecule has 4 nitrogen and oxygen atoms in total. The molecule has 1 fully saturated rings. The average Bonchev–Trinajstić information content (AvgIpc) is 2.96. The van der Waals surface area contributed by atoms with Gasteiger partial charge in [-0.15, -0.1) is 0 Å². The van der Waals surface area contributed by atoms with E-state index in [1.165, 1.54) is 45.6 Å². The first kappa shape index (κ1) is 18.9. The Kier molecular flexibility index (Phi) is 8.79. The van der Waals surface area contributed by atoms with E-state index in [0.717, 1.165) is 25.4 Å². The highest BCUT2D eigenvalue weighted by Gasteiger charge is 2.28. The van der Waals surface area contributed by atoms with Crippen LogP contribution in [-0.4, -0.2) is 72.4 Å². The summed E-state index contributed by atoms with van der Waals surface area (Å²) < 4.78 is 0. The monoisotopic (exact) mass is 299 g/mol. The van der Waals surface area contributed by atoms with Crippen molar-refractivity contribution in [1.29, 1.82) is 0 Å². The fraction of sp³-hybridized carbons (Fsp3) is 1.00. The van der Waals surface area contributed by atoms with Gasteiger partial charge in [0.2, 0.25) is 0 Å². The minimum Gasteiger partial charge on any atom is -0.394 e. The van der Waals surface area contributed by atoms with Crippen LogP contribution in [0.25, 0.3) is 0 Å². The molecule has 21 heavy (non-hydrogen) atoms. The van der Waals surface area contributed by atoms with Gasteiger partial charge in [-0.05, 0) is 58.4 Å². The Morgan fingerprint density at radius 1 is 1.24 bits per heavy atom. The molecule has 0 radical (unpaired) electrons. The van der Waals surface area contributed by atoms with Crippen molar-refractivity contribution in [1.82, 2.24) is 15.1 Å². The molecule has 0 bridgehead atoms. The van der Waals surface area contributed by atoms with Gasteiger partial charge in [0.1, 0.15) is 0 Å². The second-order valence-electron chi connectivity index (χ2n) is 6.39. The molecule has 0 amide bonds. The molecule has 1 rings (SSSR count). The van der Waals surface area contributed by atoms with Gasteiger partial charge in [0.05, 0.1) is 6.61 Å². The van der Waals surface area contributed by atoms with Gasteiger partial charge < -0.3 is 15.3 Å². The summed E-state index contributed by atoms with van der Waals surface area (Å²) in [5.41, 5.74) is -0.0627. The van der Waals surface area contributed by atoms with Crippen LogP contribution in [0.15, 0.2) is 0 Å². The van der Waals surface area contributed by atoms with Crippen molar-refractivity contribution in [3.8, 4) is 0 Å². The van der Waals surface area contributed by atoms with E-state index in [4.69, 9.17) is 0 Å². The SMILES string of the molecule is CCNC(CC)(CO)CCCN1CCC(N(CC)CC)C1. The lowest BCUT2D eigenvalue weighted by atomic mass is 9.91. The quantitative estimate of drug-likeness (QED) is 0.611. The van der Waals surface area contributed by atoms with Crippen LogP contribution in [0.3, 0.4) is 0 Å². The molecule has 2 atom stereocenters. The van der Waals surface area contributed by atoms with Crippen LogP contribution in [0.2, 0.25) is 0 Å². The lowest BCUT2D eigenvalue weighted by molar-refractivity contribution is 0.140. The summed E-state index contributed by atoms with van der Waals surface area (Å²) in [6.07, 6.45) is 4.56. The van der Waals surface area contributed by atoms with Crippen LogP contribution in [0.4, 0.5) is 0 Å². The second kappa shape index (κ2) is 9.78. The zero-order valence-electron chi connectivity index (χ0n) is 14.7. The highest BCUT2D eigenvalue weighted by atomic mass is 16.3. The third kappa shape index (κ3) is 5.51. The van der Waals surface area contributed by atoms with Crippen molar-refractivity contribution in [2.45, 2.75) is 65.0 Å². The summed E-state index contributed by atoms with van der Waals surface area (Å²) in [6.45, 7) is 16.0. The minimum absolute atomic E-state index is 0.0627. The van der Waals surface area contributed by atoms with Crippen molar-refractivity contribution < 1.29 is 5.11 Å². The van der Waals surface area contributed by atoms with Gasteiger partial charge in [-0.2, -0.15) is 0 Å². The number of aliphatic hydroxyl groups is 1. The number of nitrogens with one attached hydrogen (secondary N) is 1. The molecule has 1 aliphatic rings. The Balaban J connectivity index is 2.33. The number of hydrogen-bond donors (Lipinski definition) is 2. The smallest absolute Gasteiger partial charge is 0.0613 e. The molecule has 0 aromatic heterocycles. The van der Waals surface area contributed by atoms with Crippen LogP contribution in [-0.2, 0) is 0 Å². The van der Waals surface area contributed by atoms with Gasteiger partial charge in [0.25, 0.3) is 0 Å². The second-order valence-corrected chi connectivity index (χ2v) is 6.39. The molecule has 2 unspecified atom stereocenters. The molecule has 1 saturated heterocycles. The molecular weight excluding hydrogens is 262 g/mol. The van der Waals surface area contributed by atoms with Crippen molar-refractivity contribution in [2.75, 3.05) is 45.9 Å². The summed E-state index contributed by atoms with van der Waals surface area (Å²) in [6, 6.07) is 0.752. The molecule has 0 aliphatic carbocycles. The maximum Gasteiger partial charge on any atom is 0.0613 e. The molecule has 0 aromatic rings.